The van der Waals surface area contributed by atoms with Gasteiger partial charge in [-0.25, -0.2) is 13.2 Å². The van der Waals surface area contributed by atoms with Crippen molar-refractivity contribution in [3.05, 3.63) is 63.4 Å². The predicted molar refractivity (Wildman–Crippen MR) is 110 cm³/mol. The Morgan fingerprint density at radius 1 is 0.750 bits per heavy atom. The lowest BCUT2D eigenvalue weighted by atomic mass is 10.2. The Balaban J connectivity index is 1.71. The molecule has 13 heteroatoms. The molecule has 0 bridgehead atoms. The fourth-order valence-corrected chi connectivity index (χ4v) is 2.72. The zero-order valence-corrected chi connectivity index (χ0v) is 17.5. The number of amides is 4. The van der Waals surface area contributed by atoms with Gasteiger partial charge in [0.1, 0.15) is 0 Å². The molecule has 2 aromatic rings. The van der Waals surface area contributed by atoms with Crippen LogP contribution in [0.2, 0.25) is 10.0 Å². The molecular formula is C19H15Cl2F3N4O4. The van der Waals surface area contributed by atoms with Crippen molar-refractivity contribution >= 4 is 52.5 Å². The summed E-state index contributed by atoms with van der Waals surface area (Å²) in [5.41, 5.74) is -0.502. The largest absolute Gasteiger partial charge is 0.346 e. The second-order valence-electron chi connectivity index (χ2n) is 6.13. The molecule has 2 rings (SSSR count). The lowest BCUT2D eigenvalue weighted by Gasteiger charge is -2.10. The zero-order valence-electron chi connectivity index (χ0n) is 16.0. The van der Waals surface area contributed by atoms with Crippen LogP contribution in [0.1, 0.15) is 10.4 Å². The topological polar surface area (TPSA) is 116 Å². The summed E-state index contributed by atoms with van der Waals surface area (Å²) in [7, 11) is 0. The molecule has 0 aliphatic rings. The quantitative estimate of drug-likeness (QED) is 0.423. The normalized spacial score (nSPS) is 10.3. The molecule has 0 atom stereocenters. The number of nitrogens with one attached hydrogen (secondary N) is 4. The van der Waals surface area contributed by atoms with Gasteiger partial charge in [-0.2, -0.15) is 0 Å². The number of hydrogen-bond acceptors (Lipinski definition) is 4. The van der Waals surface area contributed by atoms with Gasteiger partial charge < -0.3 is 21.3 Å². The Kier molecular flexibility index (Phi) is 8.85. The first kappa shape index (κ1) is 25.0. The smallest absolute Gasteiger partial charge is 0.253 e. The molecule has 4 amide bonds. The molecule has 0 radical (unpaired) electrons. The van der Waals surface area contributed by atoms with Crippen LogP contribution in [0.15, 0.2) is 30.3 Å². The second-order valence-corrected chi connectivity index (χ2v) is 6.98. The van der Waals surface area contributed by atoms with Crippen LogP contribution in [-0.4, -0.2) is 43.3 Å². The van der Waals surface area contributed by atoms with Gasteiger partial charge in [0, 0.05) is 5.02 Å². The van der Waals surface area contributed by atoms with Crippen molar-refractivity contribution in [1.29, 1.82) is 0 Å². The van der Waals surface area contributed by atoms with Gasteiger partial charge in [0.25, 0.3) is 5.91 Å². The Morgan fingerprint density at radius 3 is 1.97 bits per heavy atom. The van der Waals surface area contributed by atoms with E-state index >= 15 is 0 Å². The van der Waals surface area contributed by atoms with Gasteiger partial charge in [0.05, 0.1) is 35.9 Å². The predicted octanol–water partition coefficient (Wildman–Crippen LogP) is 2.01. The summed E-state index contributed by atoms with van der Waals surface area (Å²) >= 11 is 11.6. The minimum absolute atomic E-state index is 0.0938. The Morgan fingerprint density at radius 2 is 1.34 bits per heavy atom. The summed E-state index contributed by atoms with van der Waals surface area (Å²) in [6, 6.07) is 5.63. The zero-order chi connectivity index (χ0) is 23.8. The first-order chi connectivity index (χ1) is 15.1. The molecule has 0 aromatic heterocycles. The van der Waals surface area contributed by atoms with Gasteiger partial charge in [-0.1, -0.05) is 23.2 Å². The van der Waals surface area contributed by atoms with Crippen molar-refractivity contribution < 1.29 is 32.3 Å². The average molecular weight is 491 g/mol. The van der Waals surface area contributed by atoms with Gasteiger partial charge in [-0.05, 0) is 30.3 Å². The molecule has 2 aromatic carbocycles. The van der Waals surface area contributed by atoms with E-state index < -0.39 is 66.4 Å². The molecule has 8 nitrogen and oxygen atoms in total. The molecule has 0 heterocycles. The minimum Gasteiger partial charge on any atom is -0.346 e. The first-order valence-corrected chi connectivity index (χ1v) is 9.54. The molecule has 0 fully saturated rings. The lowest BCUT2D eigenvalue weighted by Crippen LogP contribution is -2.43. The Bertz CT molecular complexity index is 1070. The van der Waals surface area contributed by atoms with E-state index in [0.29, 0.717) is 11.1 Å². The summed E-state index contributed by atoms with van der Waals surface area (Å²) in [6.07, 6.45) is 0. The Labute approximate surface area is 189 Å². The molecule has 4 N–H and O–H groups in total. The number of benzene rings is 2. The maximum absolute atomic E-state index is 13.5. The molecule has 0 aliphatic heterocycles. The summed E-state index contributed by atoms with van der Waals surface area (Å²) in [6.45, 7) is -1.61. The van der Waals surface area contributed by atoms with Crippen molar-refractivity contribution in [3.8, 4) is 0 Å². The molecular weight excluding hydrogens is 476 g/mol. The van der Waals surface area contributed by atoms with Gasteiger partial charge in [-0.3, -0.25) is 19.2 Å². The van der Waals surface area contributed by atoms with Crippen molar-refractivity contribution in [1.82, 2.24) is 16.0 Å². The summed E-state index contributed by atoms with van der Waals surface area (Å²) in [5.74, 6) is -7.77. The van der Waals surface area contributed by atoms with Gasteiger partial charge >= 0.3 is 0 Å². The van der Waals surface area contributed by atoms with E-state index in [-0.39, 0.29) is 10.6 Å². The number of hydrogen-bond donors (Lipinski definition) is 4. The minimum atomic E-state index is -1.75. The van der Waals surface area contributed by atoms with E-state index in [1.165, 1.54) is 18.2 Å². The SMILES string of the molecule is O=C(CNC(=O)CNC(=O)c1ccc(Cl)cc1Cl)NCC(=O)Nc1ccc(F)c(F)c1F. The maximum Gasteiger partial charge on any atom is 0.253 e. The van der Waals surface area contributed by atoms with Crippen LogP contribution in [0.4, 0.5) is 18.9 Å². The highest BCUT2D eigenvalue weighted by Gasteiger charge is 2.16. The van der Waals surface area contributed by atoms with Crippen LogP contribution in [-0.2, 0) is 14.4 Å². The van der Waals surface area contributed by atoms with Crippen molar-refractivity contribution in [2.24, 2.45) is 0 Å². The van der Waals surface area contributed by atoms with Gasteiger partial charge in [-0.15, -0.1) is 0 Å². The Hall–Kier alpha value is -3.31. The number of rotatable bonds is 8. The van der Waals surface area contributed by atoms with Gasteiger partial charge in [0.2, 0.25) is 17.7 Å². The summed E-state index contributed by atoms with van der Waals surface area (Å²) in [5, 5.41) is 9.04. The van der Waals surface area contributed by atoms with Gasteiger partial charge in [0.15, 0.2) is 17.5 Å². The van der Waals surface area contributed by atoms with E-state index in [2.05, 4.69) is 16.0 Å². The van der Waals surface area contributed by atoms with Crippen LogP contribution in [0.5, 0.6) is 0 Å². The number of halogens is 5. The molecule has 32 heavy (non-hydrogen) atoms. The van der Waals surface area contributed by atoms with Crippen LogP contribution in [0.3, 0.4) is 0 Å². The molecule has 0 spiro atoms. The standard InChI is InChI=1S/C19H15Cl2F3N4O4/c20-9-1-2-10(11(21)5-9)19(32)27-7-15(30)25-6-14(29)26-8-16(31)28-13-4-3-12(22)17(23)18(13)24/h1-5H,6-8H2,(H,25,30)(H,26,29)(H,27,32)(H,28,31). The van der Waals surface area contributed by atoms with E-state index in [1.54, 1.807) is 0 Å². The van der Waals surface area contributed by atoms with E-state index in [9.17, 15) is 32.3 Å². The maximum atomic E-state index is 13.5. The number of carbonyl (C=O) groups excluding carboxylic acids is 4. The number of anilines is 1. The molecule has 0 saturated carbocycles. The molecule has 0 saturated heterocycles. The highest BCUT2D eigenvalue weighted by atomic mass is 35.5. The second kappa shape index (κ2) is 11.3. The monoisotopic (exact) mass is 490 g/mol. The third kappa shape index (κ3) is 7.13. The lowest BCUT2D eigenvalue weighted by molar-refractivity contribution is -0.126. The van der Waals surface area contributed by atoms with E-state index in [0.717, 1.165) is 6.07 Å². The van der Waals surface area contributed by atoms with E-state index in [4.69, 9.17) is 23.2 Å². The molecule has 0 unspecified atom stereocenters. The third-order valence-electron chi connectivity index (χ3n) is 3.79. The van der Waals surface area contributed by atoms with Crippen molar-refractivity contribution in [3.63, 3.8) is 0 Å². The average Bonchev–Trinajstić information content (AvgIpc) is 2.75. The fourth-order valence-electron chi connectivity index (χ4n) is 2.23. The van der Waals surface area contributed by atoms with E-state index in [1.807, 2.05) is 5.32 Å². The number of carbonyl (C=O) groups is 4. The van der Waals surface area contributed by atoms with Crippen molar-refractivity contribution in [2.45, 2.75) is 0 Å². The van der Waals surface area contributed by atoms with Crippen LogP contribution in [0.25, 0.3) is 0 Å². The highest BCUT2D eigenvalue weighted by Crippen LogP contribution is 2.21. The van der Waals surface area contributed by atoms with Crippen LogP contribution in [0, 0.1) is 17.5 Å². The molecule has 170 valence electrons. The first-order valence-electron chi connectivity index (χ1n) is 8.78. The van der Waals surface area contributed by atoms with Crippen LogP contribution < -0.4 is 21.3 Å². The van der Waals surface area contributed by atoms with Crippen molar-refractivity contribution in [2.75, 3.05) is 25.0 Å². The summed E-state index contributed by atoms with van der Waals surface area (Å²) in [4.78, 5) is 47.1. The highest BCUT2D eigenvalue weighted by molar-refractivity contribution is 6.36. The van der Waals surface area contributed by atoms with Crippen LogP contribution >= 0.6 is 23.2 Å². The summed E-state index contributed by atoms with van der Waals surface area (Å²) < 4.78 is 39.5. The molecule has 0 aliphatic carbocycles. The third-order valence-corrected chi connectivity index (χ3v) is 4.33. The fraction of sp³-hybridized carbons (Fsp3) is 0.158.